The zero-order valence-corrected chi connectivity index (χ0v) is 20.1. The van der Waals surface area contributed by atoms with Gasteiger partial charge in [0.25, 0.3) is 0 Å². The topological polar surface area (TPSA) is 79.8 Å². The van der Waals surface area contributed by atoms with Crippen LogP contribution in [0.1, 0.15) is 63.0 Å². The Morgan fingerprint density at radius 1 is 0.939 bits per heavy atom. The third-order valence-electron chi connectivity index (χ3n) is 5.46. The second-order valence-corrected chi connectivity index (χ2v) is 8.36. The molecule has 2 aromatic carbocycles. The number of amides is 1. The number of nitrogens with one attached hydrogen (secondary N) is 2. The molecular formula is C27H40N2O4. The molecule has 0 bridgehead atoms. The fraction of sp³-hybridized carbons (Fsp3) is 0.519. The number of methoxy groups -OCH3 is 1. The standard InChI is InChI=1S/C27H40N2O4/c1-3-4-5-6-7-11-14-27(31)29-19-23-15-16-25(26(17-23)32-2)33-21-24(30)20-28-18-22-12-9-8-10-13-22/h8-10,12-13,15-17,24,28,30H,3-7,11,14,18-21H2,1-2H3,(H,29,31). The lowest BCUT2D eigenvalue weighted by Gasteiger charge is -2.16. The van der Waals surface area contributed by atoms with Gasteiger partial charge in [0.05, 0.1) is 7.11 Å². The summed E-state index contributed by atoms with van der Waals surface area (Å²) in [5, 5.41) is 16.4. The number of hydrogen-bond acceptors (Lipinski definition) is 5. The number of benzene rings is 2. The lowest BCUT2D eigenvalue weighted by atomic mass is 10.1. The van der Waals surface area contributed by atoms with Gasteiger partial charge in [-0.3, -0.25) is 4.79 Å². The van der Waals surface area contributed by atoms with E-state index in [4.69, 9.17) is 9.47 Å². The second-order valence-electron chi connectivity index (χ2n) is 8.36. The van der Waals surface area contributed by atoms with Crippen LogP contribution in [-0.2, 0) is 17.9 Å². The van der Waals surface area contributed by atoms with Gasteiger partial charge in [-0.1, -0.05) is 75.4 Å². The van der Waals surface area contributed by atoms with Crippen LogP contribution in [0, 0.1) is 0 Å². The number of aliphatic hydroxyl groups excluding tert-OH is 1. The summed E-state index contributed by atoms with van der Waals surface area (Å²) in [6.07, 6.45) is 6.96. The van der Waals surface area contributed by atoms with E-state index in [1.807, 2.05) is 48.5 Å². The highest BCUT2D eigenvalue weighted by atomic mass is 16.5. The minimum atomic E-state index is -0.639. The first-order valence-electron chi connectivity index (χ1n) is 12.1. The molecule has 0 fully saturated rings. The number of carbonyl (C=O) groups excluding carboxylic acids is 1. The number of rotatable bonds is 17. The predicted octanol–water partition coefficient (Wildman–Crippen LogP) is 4.59. The van der Waals surface area contributed by atoms with Crippen LogP contribution in [0.2, 0.25) is 0 Å². The van der Waals surface area contributed by atoms with Crippen molar-refractivity contribution in [1.82, 2.24) is 10.6 Å². The van der Waals surface area contributed by atoms with Gasteiger partial charge in [-0.2, -0.15) is 0 Å². The quantitative estimate of drug-likeness (QED) is 0.303. The van der Waals surface area contributed by atoms with Crippen molar-refractivity contribution in [3.8, 4) is 11.5 Å². The van der Waals surface area contributed by atoms with Crippen LogP contribution in [0.25, 0.3) is 0 Å². The van der Waals surface area contributed by atoms with Crippen LogP contribution in [-0.4, -0.2) is 37.4 Å². The molecule has 0 aliphatic carbocycles. The molecule has 0 spiro atoms. The highest BCUT2D eigenvalue weighted by Gasteiger charge is 2.10. The molecule has 0 heterocycles. The van der Waals surface area contributed by atoms with Crippen molar-refractivity contribution in [3.63, 3.8) is 0 Å². The van der Waals surface area contributed by atoms with Gasteiger partial charge in [0.1, 0.15) is 12.7 Å². The van der Waals surface area contributed by atoms with Gasteiger partial charge in [-0.25, -0.2) is 0 Å². The number of aliphatic hydroxyl groups is 1. The monoisotopic (exact) mass is 456 g/mol. The SMILES string of the molecule is CCCCCCCCC(=O)NCc1ccc(OCC(O)CNCc2ccccc2)c(OC)c1. The highest BCUT2D eigenvalue weighted by molar-refractivity contribution is 5.75. The van der Waals surface area contributed by atoms with Crippen LogP contribution >= 0.6 is 0 Å². The minimum Gasteiger partial charge on any atom is -0.493 e. The van der Waals surface area contributed by atoms with E-state index in [1.165, 1.54) is 31.2 Å². The minimum absolute atomic E-state index is 0.0795. The van der Waals surface area contributed by atoms with Crippen molar-refractivity contribution in [2.75, 3.05) is 20.3 Å². The van der Waals surface area contributed by atoms with Crippen molar-refractivity contribution in [2.24, 2.45) is 0 Å². The molecule has 0 radical (unpaired) electrons. The van der Waals surface area contributed by atoms with Gasteiger partial charge < -0.3 is 25.2 Å². The smallest absolute Gasteiger partial charge is 0.220 e. The summed E-state index contributed by atoms with van der Waals surface area (Å²) in [5.74, 6) is 1.24. The molecule has 0 aromatic heterocycles. The zero-order chi connectivity index (χ0) is 23.7. The molecule has 1 amide bonds. The van der Waals surface area contributed by atoms with Crippen molar-refractivity contribution in [2.45, 2.75) is 71.1 Å². The van der Waals surface area contributed by atoms with E-state index in [-0.39, 0.29) is 12.5 Å². The molecule has 0 aliphatic rings. The summed E-state index contributed by atoms with van der Waals surface area (Å²) in [4.78, 5) is 12.1. The van der Waals surface area contributed by atoms with Gasteiger partial charge in [0, 0.05) is 26.1 Å². The Morgan fingerprint density at radius 3 is 2.45 bits per heavy atom. The molecule has 33 heavy (non-hydrogen) atoms. The summed E-state index contributed by atoms with van der Waals surface area (Å²) >= 11 is 0. The van der Waals surface area contributed by atoms with Gasteiger partial charge >= 0.3 is 0 Å². The molecule has 1 atom stereocenters. The second kappa shape index (κ2) is 16.1. The molecule has 0 saturated carbocycles. The predicted molar refractivity (Wildman–Crippen MR) is 132 cm³/mol. The number of ether oxygens (including phenoxy) is 2. The van der Waals surface area contributed by atoms with Gasteiger partial charge in [0.2, 0.25) is 5.91 Å². The number of carbonyl (C=O) groups is 1. The van der Waals surface area contributed by atoms with E-state index in [0.717, 1.165) is 18.4 Å². The van der Waals surface area contributed by atoms with Crippen LogP contribution in [0.15, 0.2) is 48.5 Å². The average molecular weight is 457 g/mol. The Labute approximate surface area is 198 Å². The number of unbranched alkanes of at least 4 members (excludes halogenated alkanes) is 5. The van der Waals surface area contributed by atoms with Gasteiger partial charge in [-0.05, 0) is 29.7 Å². The maximum atomic E-state index is 12.1. The van der Waals surface area contributed by atoms with Crippen LogP contribution in [0.5, 0.6) is 11.5 Å². The van der Waals surface area contributed by atoms with Crippen LogP contribution in [0.4, 0.5) is 0 Å². The summed E-state index contributed by atoms with van der Waals surface area (Å²) in [7, 11) is 1.58. The molecule has 0 aliphatic heterocycles. The average Bonchev–Trinajstić information content (AvgIpc) is 2.84. The Balaban J connectivity index is 1.68. The maximum absolute atomic E-state index is 12.1. The summed E-state index contributed by atoms with van der Waals surface area (Å²) < 4.78 is 11.2. The normalized spacial score (nSPS) is 11.7. The molecule has 182 valence electrons. The van der Waals surface area contributed by atoms with E-state index in [1.54, 1.807) is 7.11 Å². The highest BCUT2D eigenvalue weighted by Crippen LogP contribution is 2.28. The molecule has 2 rings (SSSR count). The number of hydrogen-bond donors (Lipinski definition) is 3. The molecule has 3 N–H and O–H groups in total. The fourth-order valence-electron chi connectivity index (χ4n) is 3.52. The first-order chi connectivity index (χ1) is 16.1. The van der Waals surface area contributed by atoms with Crippen molar-refractivity contribution >= 4 is 5.91 Å². The molecule has 0 saturated heterocycles. The third-order valence-corrected chi connectivity index (χ3v) is 5.46. The summed E-state index contributed by atoms with van der Waals surface area (Å²) in [6, 6.07) is 15.6. The largest absolute Gasteiger partial charge is 0.493 e. The lowest BCUT2D eigenvalue weighted by molar-refractivity contribution is -0.121. The van der Waals surface area contributed by atoms with Gasteiger partial charge in [0.15, 0.2) is 11.5 Å². The maximum Gasteiger partial charge on any atom is 0.220 e. The van der Waals surface area contributed by atoms with Crippen molar-refractivity contribution < 1.29 is 19.4 Å². The molecule has 1 unspecified atom stereocenters. The molecular weight excluding hydrogens is 416 g/mol. The van der Waals surface area contributed by atoms with Crippen molar-refractivity contribution in [1.29, 1.82) is 0 Å². The third kappa shape index (κ3) is 11.2. The van der Waals surface area contributed by atoms with Crippen LogP contribution in [0.3, 0.4) is 0 Å². The lowest BCUT2D eigenvalue weighted by Crippen LogP contribution is -2.31. The molecule has 6 heteroatoms. The van der Waals surface area contributed by atoms with E-state index < -0.39 is 6.10 Å². The molecule has 2 aromatic rings. The van der Waals surface area contributed by atoms with Crippen LogP contribution < -0.4 is 20.1 Å². The fourth-order valence-corrected chi connectivity index (χ4v) is 3.52. The molecule has 6 nitrogen and oxygen atoms in total. The first-order valence-corrected chi connectivity index (χ1v) is 12.1. The summed E-state index contributed by atoms with van der Waals surface area (Å²) in [5.41, 5.74) is 2.11. The Kier molecular flexibility index (Phi) is 13.0. The van der Waals surface area contributed by atoms with Gasteiger partial charge in [-0.15, -0.1) is 0 Å². The van der Waals surface area contributed by atoms with E-state index in [0.29, 0.717) is 37.6 Å². The first kappa shape index (κ1) is 26.7. The zero-order valence-electron chi connectivity index (χ0n) is 20.1. The van der Waals surface area contributed by atoms with E-state index >= 15 is 0 Å². The Hall–Kier alpha value is -2.57. The summed E-state index contributed by atoms with van der Waals surface area (Å²) in [6.45, 7) is 3.94. The van der Waals surface area contributed by atoms with Crippen molar-refractivity contribution in [3.05, 3.63) is 59.7 Å². The van der Waals surface area contributed by atoms with E-state index in [2.05, 4.69) is 17.6 Å². The Morgan fingerprint density at radius 2 is 1.70 bits per heavy atom. The van der Waals surface area contributed by atoms with E-state index in [9.17, 15) is 9.90 Å². The Bertz CT molecular complexity index is 798.